The van der Waals surface area contributed by atoms with Gasteiger partial charge in [-0.1, -0.05) is 46.5 Å². The Morgan fingerprint density at radius 3 is 1.05 bits per heavy atom. The van der Waals surface area contributed by atoms with Crippen LogP contribution in [0.5, 0.6) is 0 Å². The Morgan fingerprint density at radius 1 is 0.842 bits per heavy atom. The maximum Gasteiger partial charge on any atom is 0.129 e. The standard InChI is InChI=1S/C6H14.C4H8O.2C3H8O/c1-3-5-6-4-2;1-3-4(2)5;2*1-3(2)4/h3-6H2,1-2H3;3H2,1-2H3;2*3-4H,1-2H3. The number of aliphatic hydroxyl groups excluding tert-OH is 2. The minimum atomic E-state index is -0.167. The van der Waals surface area contributed by atoms with Crippen LogP contribution in [0.25, 0.3) is 0 Å². The number of unbranched alkanes of at least 4 members (excludes halogenated alkanes) is 3. The van der Waals surface area contributed by atoms with E-state index in [1.165, 1.54) is 25.7 Å². The van der Waals surface area contributed by atoms with Crippen LogP contribution in [-0.2, 0) is 4.79 Å². The van der Waals surface area contributed by atoms with Crippen LogP contribution in [0.1, 0.15) is 87.5 Å². The second-order valence-corrected chi connectivity index (χ2v) is 4.95. The van der Waals surface area contributed by atoms with Gasteiger partial charge in [-0.15, -0.1) is 0 Å². The highest BCUT2D eigenvalue weighted by atomic mass is 16.3. The molecule has 0 atom stereocenters. The second kappa shape index (κ2) is 26.2. The van der Waals surface area contributed by atoms with E-state index in [0.29, 0.717) is 6.42 Å². The molecule has 0 aromatic carbocycles. The summed E-state index contributed by atoms with van der Waals surface area (Å²) in [4.78, 5) is 9.81. The molecule has 3 heteroatoms. The predicted octanol–water partition coefficient (Wildman–Crippen LogP) is 4.35. The van der Waals surface area contributed by atoms with Gasteiger partial charge in [0, 0.05) is 18.6 Å². The molecule has 0 fully saturated rings. The predicted molar refractivity (Wildman–Crippen MR) is 85.5 cm³/mol. The van der Waals surface area contributed by atoms with Gasteiger partial charge in [0.1, 0.15) is 5.78 Å². The summed E-state index contributed by atoms with van der Waals surface area (Å²) >= 11 is 0. The highest BCUT2D eigenvalue weighted by Gasteiger charge is 1.77. The van der Waals surface area contributed by atoms with Crippen LogP contribution in [0.3, 0.4) is 0 Å². The first-order valence-electron chi connectivity index (χ1n) is 7.50. The zero-order valence-corrected chi connectivity index (χ0v) is 14.5. The average Bonchev–Trinajstić information content (AvgIpc) is 2.25. The third-order valence-corrected chi connectivity index (χ3v) is 1.45. The third kappa shape index (κ3) is 203. The third-order valence-electron chi connectivity index (χ3n) is 1.45. The molecule has 0 aliphatic carbocycles. The van der Waals surface area contributed by atoms with Crippen molar-refractivity contribution in [2.24, 2.45) is 0 Å². The summed E-state index contributed by atoms with van der Waals surface area (Å²) in [5.74, 6) is 0.255. The van der Waals surface area contributed by atoms with E-state index in [9.17, 15) is 4.79 Å². The number of rotatable bonds is 4. The van der Waals surface area contributed by atoms with Gasteiger partial charge in [-0.3, -0.25) is 0 Å². The Morgan fingerprint density at radius 2 is 1.00 bits per heavy atom. The fourth-order valence-corrected chi connectivity index (χ4v) is 0.500. The maximum atomic E-state index is 9.81. The zero-order chi connectivity index (χ0) is 16.3. The first-order chi connectivity index (χ1) is 8.65. The molecule has 0 spiro atoms. The molecule has 3 nitrogen and oxygen atoms in total. The largest absolute Gasteiger partial charge is 0.394 e. The van der Waals surface area contributed by atoms with E-state index in [-0.39, 0.29) is 18.0 Å². The van der Waals surface area contributed by atoms with Crippen LogP contribution in [0.4, 0.5) is 0 Å². The fraction of sp³-hybridized carbons (Fsp3) is 0.938. The lowest BCUT2D eigenvalue weighted by Gasteiger charge is -1.86. The Hall–Kier alpha value is -0.410. The van der Waals surface area contributed by atoms with Crippen LogP contribution in [-0.4, -0.2) is 28.2 Å². The van der Waals surface area contributed by atoms with Gasteiger partial charge in [0.15, 0.2) is 0 Å². The summed E-state index contributed by atoms with van der Waals surface area (Å²) in [7, 11) is 0. The minimum absolute atomic E-state index is 0.167. The van der Waals surface area contributed by atoms with Crippen molar-refractivity contribution in [2.75, 3.05) is 0 Å². The second-order valence-electron chi connectivity index (χ2n) is 4.95. The van der Waals surface area contributed by atoms with Gasteiger partial charge in [-0.2, -0.15) is 0 Å². The number of hydrogen-bond donors (Lipinski definition) is 2. The van der Waals surface area contributed by atoms with Crippen LogP contribution in [0.2, 0.25) is 0 Å². The van der Waals surface area contributed by atoms with Gasteiger partial charge >= 0.3 is 0 Å². The van der Waals surface area contributed by atoms with Crippen LogP contribution < -0.4 is 0 Å². The lowest BCUT2D eigenvalue weighted by atomic mass is 10.2. The molecule has 0 unspecified atom stereocenters. The van der Waals surface area contributed by atoms with Crippen molar-refractivity contribution in [3.8, 4) is 0 Å². The average molecular weight is 278 g/mol. The van der Waals surface area contributed by atoms with Crippen molar-refractivity contribution in [2.45, 2.75) is 99.7 Å². The van der Waals surface area contributed by atoms with E-state index in [1.807, 2.05) is 6.92 Å². The highest BCUT2D eigenvalue weighted by Crippen LogP contribution is 1.95. The fourth-order valence-electron chi connectivity index (χ4n) is 0.500. The molecule has 0 rings (SSSR count). The van der Waals surface area contributed by atoms with E-state index >= 15 is 0 Å². The molecule has 0 radical (unpaired) electrons. The summed E-state index contributed by atoms with van der Waals surface area (Å²) in [5.41, 5.74) is 0. The number of hydrogen-bond acceptors (Lipinski definition) is 3. The molecule has 0 aliphatic heterocycles. The van der Waals surface area contributed by atoms with E-state index in [0.717, 1.165) is 0 Å². The van der Waals surface area contributed by atoms with E-state index in [4.69, 9.17) is 10.2 Å². The Labute approximate surface area is 121 Å². The summed E-state index contributed by atoms with van der Waals surface area (Å²) in [5, 5.41) is 16.1. The molecule has 0 aromatic heterocycles. The molecule has 0 saturated carbocycles. The lowest BCUT2D eigenvalue weighted by Crippen LogP contribution is -1.85. The number of Topliss-reactive ketones (excluding diaryl/α,β-unsaturated/α-hetero) is 1. The SMILES string of the molecule is CC(C)O.CC(C)O.CCC(C)=O.CCCCCC. The van der Waals surface area contributed by atoms with Crippen molar-refractivity contribution in [1.82, 2.24) is 0 Å². The first kappa shape index (κ1) is 27.0. The van der Waals surface area contributed by atoms with Crippen molar-refractivity contribution in [3.05, 3.63) is 0 Å². The van der Waals surface area contributed by atoms with Crippen LogP contribution >= 0.6 is 0 Å². The summed E-state index contributed by atoms with van der Waals surface area (Å²) in [6.45, 7) is 14.8. The lowest BCUT2D eigenvalue weighted by molar-refractivity contribution is -0.116. The highest BCUT2D eigenvalue weighted by molar-refractivity contribution is 5.74. The minimum Gasteiger partial charge on any atom is -0.394 e. The van der Waals surface area contributed by atoms with Crippen molar-refractivity contribution in [3.63, 3.8) is 0 Å². The van der Waals surface area contributed by atoms with E-state index in [1.54, 1.807) is 34.6 Å². The molecule has 0 amide bonds. The van der Waals surface area contributed by atoms with Gasteiger partial charge in [-0.05, 0) is 34.6 Å². The van der Waals surface area contributed by atoms with Gasteiger partial charge < -0.3 is 15.0 Å². The van der Waals surface area contributed by atoms with Gasteiger partial charge in [0.05, 0.1) is 0 Å². The topological polar surface area (TPSA) is 57.5 Å². The molecule has 0 bridgehead atoms. The van der Waals surface area contributed by atoms with Crippen molar-refractivity contribution in [1.29, 1.82) is 0 Å². The first-order valence-corrected chi connectivity index (χ1v) is 7.50. The monoisotopic (exact) mass is 278 g/mol. The summed E-state index contributed by atoms with van der Waals surface area (Å²) in [6, 6.07) is 0. The molecule has 0 heterocycles. The maximum absolute atomic E-state index is 9.81. The molecular weight excluding hydrogens is 240 g/mol. The van der Waals surface area contributed by atoms with Crippen molar-refractivity contribution < 1.29 is 15.0 Å². The van der Waals surface area contributed by atoms with Gasteiger partial charge in [0.25, 0.3) is 0 Å². The number of ketones is 1. The van der Waals surface area contributed by atoms with E-state index in [2.05, 4.69) is 13.8 Å². The molecule has 0 saturated heterocycles. The molecular formula is C16H38O3. The number of carbonyl (C=O) groups excluding carboxylic acids is 1. The van der Waals surface area contributed by atoms with Gasteiger partial charge in [0.2, 0.25) is 0 Å². The Bertz CT molecular complexity index is 127. The zero-order valence-electron chi connectivity index (χ0n) is 14.5. The van der Waals surface area contributed by atoms with Crippen LogP contribution in [0.15, 0.2) is 0 Å². The summed E-state index contributed by atoms with van der Waals surface area (Å²) in [6.07, 6.45) is 5.87. The smallest absolute Gasteiger partial charge is 0.129 e. The Kier molecular flexibility index (Phi) is 37.3. The quantitative estimate of drug-likeness (QED) is 0.752. The van der Waals surface area contributed by atoms with Crippen LogP contribution in [0, 0.1) is 0 Å². The normalized spacial score (nSPS) is 8.63. The molecule has 0 aliphatic rings. The van der Waals surface area contributed by atoms with E-state index < -0.39 is 0 Å². The summed E-state index contributed by atoms with van der Waals surface area (Å²) < 4.78 is 0. The molecule has 120 valence electrons. The molecule has 0 aromatic rings. The Balaban J connectivity index is -0.0000000803. The molecule has 19 heavy (non-hydrogen) atoms. The molecule has 2 N–H and O–H groups in total. The number of carbonyl (C=O) groups is 1. The van der Waals surface area contributed by atoms with Crippen molar-refractivity contribution >= 4 is 5.78 Å². The number of aliphatic hydroxyl groups is 2. The van der Waals surface area contributed by atoms with Gasteiger partial charge in [-0.25, -0.2) is 0 Å².